The number of fused-ring (bicyclic) bond motifs is 1. The van der Waals surface area contributed by atoms with Crippen molar-refractivity contribution in [2.75, 3.05) is 0 Å². The van der Waals surface area contributed by atoms with Crippen LogP contribution in [0.4, 0.5) is 0 Å². The summed E-state index contributed by atoms with van der Waals surface area (Å²) in [5.74, 6) is 0.486. The lowest BCUT2D eigenvalue weighted by Gasteiger charge is -2.19. The molecular weight excluding hydrogens is 276 g/mol. The van der Waals surface area contributed by atoms with E-state index < -0.39 is 0 Å². The molecule has 4 nitrogen and oxygen atoms in total. The van der Waals surface area contributed by atoms with Gasteiger partial charge < -0.3 is 15.5 Å². The maximum atomic E-state index is 12.2. The largest absolute Gasteiger partial charge is 0.467 e. The van der Waals surface area contributed by atoms with Crippen molar-refractivity contribution in [3.63, 3.8) is 0 Å². The molecule has 2 aromatic rings. The second-order valence-corrected chi connectivity index (χ2v) is 5.94. The molecule has 1 amide bonds. The molecule has 1 heterocycles. The molecule has 0 bridgehead atoms. The minimum absolute atomic E-state index is 0.0315. The highest BCUT2D eigenvalue weighted by molar-refractivity contribution is 5.94. The van der Waals surface area contributed by atoms with E-state index in [1.54, 1.807) is 6.07 Å². The highest BCUT2D eigenvalue weighted by Crippen LogP contribution is 2.25. The predicted octanol–water partition coefficient (Wildman–Crippen LogP) is 3.11. The highest BCUT2D eigenvalue weighted by atomic mass is 16.3. The fourth-order valence-corrected chi connectivity index (χ4v) is 2.99. The van der Waals surface area contributed by atoms with Crippen molar-refractivity contribution in [2.45, 2.75) is 45.2 Å². The van der Waals surface area contributed by atoms with Crippen LogP contribution in [0.3, 0.4) is 0 Å². The number of amides is 1. The van der Waals surface area contributed by atoms with Crippen LogP contribution in [0.2, 0.25) is 0 Å². The Morgan fingerprint density at radius 2 is 2.05 bits per heavy atom. The minimum Gasteiger partial charge on any atom is -0.467 e. The number of carbonyl (C=O) groups is 1. The van der Waals surface area contributed by atoms with Crippen LogP contribution < -0.4 is 11.1 Å². The van der Waals surface area contributed by atoms with Crippen LogP contribution in [-0.2, 0) is 19.4 Å². The van der Waals surface area contributed by atoms with Gasteiger partial charge in [0.2, 0.25) is 0 Å². The average Bonchev–Trinajstić information content (AvgIpc) is 3.03. The molecule has 1 atom stereocenters. The summed E-state index contributed by atoms with van der Waals surface area (Å²) >= 11 is 0. The number of hydrogen-bond acceptors (Lipinski definition) is 3. The van der Waals surface area contributed by atoms with Gasteiger partial charge in [-0.05, 0) is 55.4 Å². The molecule has 0 saturated heterocycles. The van der Waals surface area contributed by atoms with E-state index in [2.05, 4.69) is 23.5 Å². The summed E-state index contributed by atoms with van der Waals surface area (Å²) in [6, 6.07) is 8.22. The molecule has 1 aliphatic rings. The molecule has 3 rings (SSSR count). The second-order valence-electron chi connectivity index (χ2n) is 5.94. The first kappa shape index (κ1) is 14.9. The summed E-state index contributed by atoms with van der Waals surface area (Å²) in [4.78, 5) is 12.2. The summed E-state index contributed by atoms with van der Waals surface area (Å²) in [5, 5.41) is 3.02. The number of benzene rings is 1. The Bertz CT molecular complexity index is 675. The third-order valence-corrected chi connectivity index (χ3v) is 4.34. The van der Waals surface area contributed by atoms with E-state index in [0.717, 1.165) is 12.0 Å². The quantitative estimate of drug-likeness (QED) is 0.911. The molecular formula is C18H22N2O2. The van der Waals surface area contributed by atoms with Gasteiger partial charge in [-0.1, -0.05) is 18.2 Å². The molecule has 1 unspecified atom stereocenters. The summed E-state index contributed by atoms with van der Waals surface area (Å²) in [5.41, 5.74) is 10.0. The van der Waals surface area contributed by atoms with Crippen LogP contribution in [0.1, 0.15) is 58.6 Å². The Kier molecular flexibility index (Phi) is 4.29. The summed E-state index contributed by atoms with van der Waals surface area (Å²) < 4.78 is 5.21. The van der Waals surface area contributed by atoms with Crippen LogP contribution in [0, 0.1) is 0 Å². The number of hydrogen-bond donors (Lipinski definition) is 2. The fraction of sp³-hybridized carbons (Fsp3) is 0.389. The van der Waals surface area contributed by atoms with Crippen LogP contribution >= 0.6 is 0 Å². The zero-order valence-corrected chi connectivity index (χ0v) is 12.9. The van der Waals surface area contributed by atoms with Crippen molar-refractivity contribution >= 4 is 5.91 Å². The van der Waals surface area contributed by atoms with Gasteiger partial charge in [-0.25, -0.2) is 0 Å². The Labute approximate surface area is 130 Å². The number of carbonyl (C=O) groups excluding carboxylic acids is 1. The minimum atomic E-state index is -0.131. The van der Waals surface area contributed by atoms with Gasteiger partial charge in [0.25, 0.3) is 5.91 Å². The lowest BCUT2D eigenvalue weighted by atomic mass is 9.89. The first-order valence-electron chi connectivity index (χ1n) is 7.87. The van der Waals surface area contributed by atoms with Crippen molar-refractivity contribution in [1.82, 2.24) is 5.32 Å². The molecule has 22 heavy (non-hydrogen) atoms. The molecule has 0 radical (unpaired) electrons. The predicted molar refractivity (Wildman–Crippen MR) is 85.6 cm³/mol. The smallest absolute Gasteiger partial charge is 0.255 e. The molecule has 1 aromatic carbocycles. The van der Waals surface area contributed by atoms with Crippen LogP contribution in [0.5, 0.6) is 0 Å². The van der Waals surface area contributed by atoms with Crippen molar-refractivity contribution in [3.05, 3.63) is 58.5 Å². The molecule has 0 saturated carbocycles. The summed E-state index contributed by atoms with van der Waals surface area (Å²) in [6.45, 7) is 2.31. The number of nitrogens with two attached hydrogens (primary N) is 1. The standard InChI is InChI=1S/C18H22N2O2/c1-12(20-18(21)16-9-17(10-19)22-11-16)14-7-6-13-4-2-3-5-15(13)8-14/h6-9,11-12H,2-5,10,19H2,1H3,(H,20,21). The second kappa shape index (κ2) is 6.36. The van der Waals surface area contributed by atoms with Gasteiger partial charge in [-0.3, -0.25) is 4.79 Å². The fourth-order valence-electron chi connectivity index (χ4n) is 2.99. The Morgan fingerprint density at radius 3 is 2.77 bits per heavy atom. The molecule has 3 N–H and O–H groups in total. The van der Waals surface area contributed by atoms with Gasteiger partial charge in [-0.2, -0.15) is 0 Å². The van der Waals surface area contributed by atoms with Gasteiger partial charge in [0.05, 0.1) is 18.2 Å². The third-order valence-electron chi connectivity index (χ3n) is 4.34. The zero-order valence-electron chi connectivity index (χ0n) is 12.9. The third kappa shape index (κ3) is 3.07. The van der Waals surface area contributed by atoms with E-state index in [1.165, 1.54) is 36.7 Å². The number of rotatable bonds is 4. The Hall–Kier alpha value is -2.07. The van der Waals surface area contributed by atoms with Crippen LogP contribution in [0.25, 0.3) is 0 Å². The highest BCUT2D eigenvalue weighted by Gasteiger charge is 2.16. The van der Waals surface area contributed by atoms with E-state index in [4.69, 9.17) is 10.2 Å². The molecule has 1 aliphatic carbocycles. The molecule has 116 valence electrons. The summed E-state index contributed by atoms with van der Waals surface area (Å²) in [6.07, 6.45) is 6.31. The SMILES string of the molecule is CC(NC(=O)c1coc(CN)c1)c1ccc2c(c1)CCCC2. The average molecular weight is 298 g/mol. The molecule has 0 spiro atoms. The Balaban J connectivity index is 1.71. The van der Waals surface area contributed by atoms with E-state index in [1.807, 2.05) is 6.92 Å². The van der Waals surface area contributed by atoms with Crippen LogP contribution in [-0.4, -0.2) is 5.91 Å². The van der Waals surface area contributed by atoms with Gasteiger partial charge in [-0.15, -0.1) is 0 Å². The van der Waals surface area contributed by atoms with Gasteiger partial charge in [0, 0.05) is 0 Å². The molecule has 0 fully saturated rings. The van der Waals surface area contributed by atoms with Crippen LogP contribution in [0.15, 0.2) is 34.9 Å². The topological polar surface area (TPSA) is 68.3 Å². The Morgan fingerprint density at radius 1 is 1.27 bits per heavy atom. The van der Waals surface area contributed by atoms with Gasteiger partial charge in [0.15, 0.2) is 0 Å². The van der Waals surface area contributed by atoms with E-state index >= 15 is 0 Å². The van der Waals surface area contributed by atoms with Crippen molar-refractivity contribution < 1.29 is 9.21 Å². The normalized spacial score (nSPS) is 15.2. The van der Waals surface area contributed by atoms with Crippen molar-refractivity contribution in [2.24, 2.45) is 5.73 Å². The maximum Gasteiger partial charge on any atom is 0.255 e. The van der Waals surface area contributed by atoms with E-state index in [0.29, 0.717) is 17.9 Å². The molecule has 0 aliphatic heterocycles. The first-order valence-corrected chi connectivity index (χ1v) is 7.87. The lowest BCUT2D eigenvalue weighted by Crippen LogP contribution is -2.26. The number of nitrogens with one attached hydrogen (secondary N) is 1. The number of aryl methyl sites for hydroxylation is 2. The van der Waals surface area contributed by atoms with Crippen molar-refractivity contribution in [3.8, 4) is 0 Å². The molecule has 1 aromatic heterocycles. The monoisotopic (exact) mass is 298 g/mol. The van der Waals surface area contributed by atoms with E-state index in [-0.39, 0.29) is 11.9 Å². The van der Waals surface area contributed by atoms with Gasteiger partial charge >= 0.3 is 0 Å². The van der Waals surface area contributed by atoms with E-state index in [9.17, 15) is 4.79 Å². The van der Waals surface area contributed by atoms with Gasteiger partial charge in [0.1, 0.15) is 12.0 Å². The van der Waals surface area contributed by atoms with Crippen molar-refractivity contribution in [1.29, 1.82) is 0 Å². The summed E-state index contributed by atoms with van der Waals surface area (Å²) in [7, 11) is 0. The lowest BCUT2D eigenvalue weighted by molar-refractivity contribution is 0.0939. The zero-order chi connectivity index (χ0) is 15.5. The molecule has 4 heteroatoms. The first-order chi connectivity index (χ1) is 10.7. The number of furan rings is 1. The maximum absolute atomic E-state index is 12.2.